The molecular formula is C19H20NS+. The lowest BCUT2D eigenvalue weighted by atomic mass is 10.1. The summed E-state index contributed by atoms with van der Waals surface area (Å²) in [5.74, 6) is 0. The fourth-order valence-corrected chi connectivity index (χ4v) is 3.53. The molecule has 0 bridgehead atoms. The van der Waals surface area contributed by atoms with Crippen molar-refractivity contribution >= 4 is 21.4 Å². The Hall–Kier alpha value is -1.93. The first-order chi connectivity index (χ1) is 10.4. The number of nitrogens with one attached hydrogen (secondary N) is 1. The van der Waals surface area contributed by atoms with Gasteiger partial charge in [-0.05, 0) is 17.7 Å². The maximum atomic E-state index is 3.61. The van der Waals surface area contributed by atoms with Crippen LogP contribution in [0.5, 0.6) is 0 Å². The minimum atomic E-state index is 1.03. The molecule has 0 saturated heterocycles. The van der Waals surface area contributed by atoms with Gasteiger partial charge in [0.05, 0.1) is 5.39 Å². The van der Waals surface area contributed by atoms with Gasteiger partial charge in [0.2, 0.25) is 5.36 Å². The Morgan fingerprint density at radius 2 is 1.71 bits per heavy atom. The summed E-state index contributed by atoms with van der Waals surface area (Å²) in [5, 5.41) is 2.56. The maximum Gasteiger partial charge on any atom is 0.208 e. The van der Waals surface area contributed by atoms with Crippen molar-refractivity contribution in [2.24, 2.45) is 0 Å². The first kappa shape index (κ1) is 14.0. The molecule has 1 nitrogen and oxygen atoms in total. The maximum absolute atomic E-state index is 3.61. The molecule has 0 spiro atoms. The average Bonchev–Trinajstić information content (AvgIpc) is 2.55. The van der Waals surface area contributed by atoms with Gasteiger partial charge in [0.25, 0.3) is 0 Å². The Labute approximate surface area is 129 Å². The second-order valence-electron chi connectivity index (χ2n) is 5.17. The number of benzene rings is 2. The Bertz CT molecular complexity index is 787. The molecule has 0 atom stereocenters. The summed E-state index contributed by atoms with van der Waals surface area (Å²) in [6.07, 6.45) is 2.42. The summed E-state index contributed by atoms with van der Waals surface area (Å²) in [6.45, 7) is 3.26. The van der Waals surface area contributed by atoms with Crippen LogP contribution in [0, 0.1) is 0 Å². The van der Waals surface area contributed by atoms with Crippen molar-refractivity contribution in [3.63, 3.8) is 0 Å². The van der Waals surface area contributed by atoms with E-state index in [0.717, 1.165) is 6.54 Å². The van der Waals surface area contributed by atoms with Gasteiger partial charge in [-0.3, -0.25) is 0 Å². The molecule has 0 unspecified atom stereocenters. The van der Waals surface area contributed by atoms with Crippen molar-refractivity contribution in [1.82, 2.24) is 0 Å². The summed E-state index contributed by atoms with van der Waals surface area (Å²) in [6, 6.07) is 21.5. The van der Waals surface area contributed by atoms with Crippen molar-refractivity contribution in [3.8, 4) is 10.4 Å². The van der Waals surface area contributed by atoms with E-state index >= 15 is 0 Å². The lowest BCUT2D eigenvalue weighted by Gasteiger charge is -2.02. The van der Waals surface area contributed by atoms with Crippen molar-refractivity contribution in [3.05, 3.63) is 66.0 Å². The van der Waals surface area contributed by atoms with Gasteiger partial charge in [0.1, 0.15) is 6.54 Å². The molecule has 1 N–H and O–H groups in total. The minimum absolute atomic E-state index is 1.03. The summed E-state index contributed by atoms with van der Waals surface area (Å²) in [7, 11) is 0. The molecule has 0 radical (unpaired) electrons. The van der Waals surface area contributed by atoms with Crippen LogP contribution >= 0.6 is 11.3 Å². The van der Waals surface area contributed by atoms with Crippen molar-refractivity contribution in [2.45, 2.75) is 19.8 Å². The van der Waals surface area contributed by atoms with Gasteiger partial charge in [-0.2, -0.15) is 0 Å². The third kappa shape index (κ3) is 3.22. The van der Waals surface area contributed by atoms with Crippen LogP contribution in [-0.2, 0) is 0 Å². The molecule has 0 aliphatic carbocycles. The van der Waals surface area contributed by atoms with Crippen molar-refractivity contribution in [1.29, 1.82) is 0 Å². The van der Waals surface area contributed by atoms with Crippen LogP contribution in [0.4, 0.5) is 0 Å². The molecular weight excluding hydrogens is 274 g/mol. The summed E-state index contributed by atoms with van der Waals surface area (Å²) in [5.41, 5.74) is 1.28. The summed E-state index contributed by atoms with van der Waals surface area (Å²) < 4.78 is 1.33. The van der Waals surface area contributed by atoms with Gasteiger partial charge in [-0.25, -0.2) is 4.99 Å². The third-order valence-corrected chi connectivity index (χ3v) is 4.73. The lowest BCUT2D eigenvalue weighted by molar-refractivity contribution is -0.499. The average molecular weight is 294 g/mol. The van der Waals surface area contributed by atoms with E-state index in [9.17, 15) is 0 Å². The van der Waals surface area contributed by atoms with E-state index in [1.165, 1.54) is 38.7 Å². The van der Waals surface area contributed by atoms with Gasteiger partial charge < -0.3 is 0 Å². The van der Waals surface area contributed by atoms with E-state index in [4.69, 9.17) is 0 Å². The monoisotopic (exact) mass is 294 g/mol. The second-order valence-corrected chi connectivity index (χ2v) is 6.25. The molecule has 1 aromatic heterocycles. The number of fused-ring (bicyclic) bond motifs is 1. The predicted octanol–water partition coefficient (Wildman–Crippen LogP) is 3.35. The van der Waals surface area contributed by atoms with Crippen LogP contribution < -0.4 is 10.3 Å². The highest BCUT2D eigenvalue weighted by atomic mass is 32.1. The van der Waals surface area contributed by atoms with Crippen molar-refractivity contribution in [2.75, 3.05) is 6.54 Å². The van der Waals surface area contributed by atoms with Gasteiger partial charge in [-0.15, -0.1) is 11.3 Å². The highest BCUT2D eigenvalue weighted by Gasteiger charge is 2.06. The molecule has 0 amide bonds. The smallest absolute Gasteiger partial charge is 0.208 e. The quantitative estimate of drug-likeness (QED) is 0.709. The van der Waals surface area contributed by atoms with Crippen LogP contribution in [0.15, 0.2) is 60.7 Å². The number of unbranched alkanes of at least 4 members (excludes halogenated alkanes) is 1. The second kappa shape index (κ2) is 6.68. The van der Waals surface area contributed by atoms with Gasteiger partial charge in [-0.1, -0.05) is 55.8 Å². The van der Waals surface area contributed by atoms with Crippen LogP contribution in [0.2, 0.25) is 0 Å². The van der Waals surface area contributed by atoms with Crippen LogP contribution in [-0.4, -0.2) is 6.54 Å². The Morgan fingerprint density at radius 3 is 2.52 bits per heavy atom. The Kier molecular flexibility index (Phi) is 4.46. The number of hydrogen-bond donors (Lipinski definition) is 1. The van der Waals surface area contributed by atoms with Crippen LogP contribution in [0.3, 0.4) is 0 Å². The third-order valence-electron chi connectivity index (χ3n) is 3.58. The van der Waals surface area contributed by atoms with Gasteiger partial charge in [0, 0.05) is 22.1 Å². The SMILES string of the molecule is CCCC[NH+]=c1cc(-c2ccccc2)sc2ccccc12. The zero-order valence-corrected chi connectivity index (χ0v) is 13.1. The molecule has 106 valence electrons. The van der Waals surface area contributed by atoms with E-state index in [2.05, 4.69) is 72.6 Å². The largest absolute Gasteiger partial charge is 0.241 e. The van der Waals surface area contributed by atoms with Gasteiger partial charge >= 0.3 is 0 Å². The minimum Gasteiger partial charge on any atom is -0.241 e. The molecule has 1 heterocycles. The van der Waals surface area contributed by atoms with E-state index in [-0.39, 0.29) is 0 Å². The van der Waals surface area contributed by atoms with Gasteiger partial charge in [0.15, 0.2) is 0 Å². The summed E-state index contributed by atoms with van der Waals surface area (Å²) >= 11 is 1.85. The normalized spacial score (nSPS) is 12.0. The van der Waals surface area contributed by atoms with E-state index in [0.29, 0.717) is 0 Å². The molecule has 2 aromatic carbocycles. The van der Waals surface area contributed by atoms with E-state index in [1.54, 1.807) is 0 Å². The zero-order chi connectivity index (χ0) is 14.5. The lowest BCUT2D eigenvalue weighted by Crippen LogP contribution is -2.76. The molecule has 2 heteroatoms. The summed E-state index contributed by atoms with van der Waals surface area (Å²) in [4.78, 5) is 4.92. The van der Waals surface area contributed by atoms with E-state index in [1.807, 2.05) is 11.3 Å². The fourth-order valence-electron chi connectivity index (χ4n) is 2.43. The van der Waals surface area contributed by atoms with E-state index < -0.39 is 0 Å². The predicted molar refractivity (Wildman–Crippen MR) is 91.1 cm³/mol. The van der Waals surface area contributed by atoms with Crippen LogP contribution in [0.25, 0.3) is 20.5 Å². The molecule has 21 heavy (non-hydrogen) atoms. The van der Waals surface area contributed by atoms with Crippen LogP contribution in [0.1, 0.15) is 19.8 Å². The number of rotatable bonds is 4. The highest BCUT2D eigenvalue weighted by Crippen LogP contribution is 2.27. The molecule has 0 saturated carbocycles. The topological polar surface area (TPSA) is 14.0 Å². The Balaban J connectivity index is 2.17. The van der Waals surface area contributed by atoms with Crippen molar-refractivity contribution < 1.29 is 4.99 Å². The molecule has 3 rings (SSSR count). The molecule has 0 aliphatic rings. The zero-order valence-electron chi connectivity index (χ0n) is 12.3. The molecule has 0 fully saturated rings. The first-order valence-corrected chi connectivity index (χ1v) is 8.35. The fraction of sp³-hybridized carbons (Fsp3) is 0.211. The first-order valence-electron chi connectivity index (χ1n) is 7.53. The highest BCUT2D eigenvalue weighted by molar-refractivity contribution is 7.21. The number of hydrogen-bond acceptors (Lipinski definition) is 1. The molecule has 0 aliphatic heterocycles. The standard InChI is InChI=1S/C19H19NS/c1-2-3-13-20-17-14-19(15-9-5-4-6-10-15)21-18-12-8-7-11-16(17)18/h4-12,14H,2-3,13H2,1H3/p+1. The molecule has 3 aromatic rings. The Morgan fingerprint density at radius 1 is 0.952 bits per heavy atom.